The van der Waals surface area contributed by atoms with Gasteiger partial charge in [-0.1, -0.05) is 30.3 Å². The Morgan fingerprint density at radius 1 is 1.18 bits per heavy atom. The average Bonchev–Trinajstić information content (AvgIpc) is 2.57. The SMILES string of the molecule is CN1CCC[C@@H](CN2CCC(C#N)(c3ccccc3)CC2)C1. The fourth-order valence-electron chi connectivity index (χ4n) is 4.13. The highest BCUT2D eigenvalue weighted by Gasteiger charge is 2.36. The van der Waals surface area contributed by atoms with Crippen LogP contribution >= 0.6 is 0 Å². The first-order valence-corrected chi connectivity index (χ1v) is 8.59. The van der Waals surface area contributed by atoms with E-state index < -0.39 is 0 Å². The zero-order valence-corrected chi connectivity index (χ0v) is 13.7. The normalized spacial score (nSPS) is 26.5. The molecule has 0 N–H and O–H groups in total. The van der Waals surface area contributed by atoms with Crippen LogP contribution < -0.4 is 0 Å². The van der Waals surface area contributed by atoms with Gasteiger partial charge in [-0.05, 0) is 63.8 Å². The molecule has 1 atom stereocenters. The van der Waals surface area contributed by atoms with Crippen LogP contribution in [0.3, 0.4) is 0 Å². The molecule has 0 spiro atoms. The molecule has 2 aliphatic rings. The largest absolute Gasteiger partial charge is 0.306 e. The maximum Gasteiger partial charge on any atom is 0.0846 e. The van der Waals surface area contributed by atoms with Gasteiger partial charge in [-0.3, -0.25) is 0 Å². The van der Waals surface area contributed by atoms with Crippen LogP contribution in [-0.4, -0.2) is 49.6 Å². The van der Waals surface area contributed by atoms with Crippen molar-refractivity contribution in [1.29, 1.82) is 5.26 Å². The monoisotopic (exact) mass is 297 g/mol. The van der Waals surface area contributed by atoms with Crippen molar-refractivity contribution in [2.45, 2.75) is 31.1 Å². The number of likely N-dealkylation sites (tertiary alicyclic amines) is 2. The third kappa shape index (κ3) is 3.34. The van der Waals surface area contributed by atoms with E-state index in [0.29, 0.717) is 0 Å². The summed E-state index contributed by atoms with van der Waals surface area (Å²) in [6, 6.07) is 13.0. The molecule has 118 valence electrons. The molecule has 0 aliphatic carbocycles. The molecule has 3 rings (SSSR count). The smallest absolute Gasteiger partial charge is 0.0846 e. The van der Waals surface area contributed by atoms with Crippen LogP contribution in [0.1, 0.15) is 31.2 Å². The van der Waals surface area contributed by atoms with E-state index in [9.17, 15) is 5.26 Å². The van der Waals surface area contributed by atoms with Crippen LogP contribution in [0.25, 0.3) is 0 Å². The molecule has 2 aliphatic heterocycles. The Balaban J connectivity index is 1.58. The molecule has 0 aromatic heterocycles. The van der Waals surface area contributed by atoms with Gasteiger partial charge < -0.3 is 9.80 Å². The molecule has 0 amide bonds. The summed E-state index contributed by atoms with van der Waals surface area (Å²) in [5.41, 5.74) is 0.941. The van der Waals surface area contributed by atoms with Crippen molar-refractivity contribution in [1.82, 2.24) is 9.80 Å². The summed E-state index contributed by atoms with van der Waals surface area (Å²) in [6.07, 6.45) is 4.64. The van der Waals surface area contributed by atoms with Crippen LogP contribution in [0.2, 0.25) is 0 Å². The van der Waals surface area contributed by atoms with Crippen LogP contribution in [0.15, 0.2) is 30.3 Å². The molecule has 2 saturated heterocycles. The lowest BCUT2D eigenvalue weighted by atomic mass is 9.74. The van der Waals surface area contributed by atoms with Crippen molar-refractivity contribution in [2.75, 3.05) is 39.8 Å². The molecule has 0 bridgehead atoms. The lowest BCUT2D eigenvalue weighted by Gasteiger charge is -2.40. The number of hydrogen-bond donors (Lipinski definition) is 0. The second kappa shape index (κ2) is 6.81. The van der Waals surface area contributed by atoms with Gasteiger partial charge in [0.2, 0.25) is 0 Å². The van der Waals surface area contributed by atoms with Crippen LogP contribution in [-0.2, 0) is 5.41 Å². The number of benzene rings is 1. The van der Waals surface area contributed by atoms with Gasteiger partial charge in [0.25, 0.3) is 0 Å². The summed E-state index contributed by atoms with van der Waals surface area (Å²) in [4.78, 5) is 5.05. The van der Waals surface area contributed by atoms with E-state index >= 15 is 0 Å². The molecule has 0 saturated carbocycles. The third-order valence-corrected chi connectivity index (χ3v) is 5.49. The van der Waals surface area contributed by atoms with Gasteiger partial charge >= 0.3 is 0 Å². The zero-order valence-electron chi connectivity index (χ0n) is 13.7. The van der Waals surface area contributed by atoms with Gasteiger partial charge in [-0.15, -0.1) is 0 Å². The summed E-state index contributed by atoms with van der Waals surface area (Å²) < 4.78 is 0. The van der Waals surface area contributed by atoms with E-state index in [1.807, 2.05) is 6.07 Å². The summed E-state index contributed by atoms with van der Waals surface area (Å²) in [5.74, 6) is 0.810. The first kappa shape index (κ1) is 15.5. The van der Waals surface area contributed by atoms with Gasteiger partial charge in [0.05, 0.1) is 11.5 Å². The Kier molecular flexibility index (Phi) is 4.81. The Morgan fingerprint density at radius 3 is 2.55 bits per heavy atom. The minimum atomic E-state index is -0.263. The molecule has 3 heteroatoms. The molecule has 0 unspecified atom stereocenters. The van der Waals surface area contributed by atoms with E-state index in [1.165, 1.54) is 38.0 Å². The molecule has 1 aromatic carbocycles. The summed E-state index contributed by atoms with van der Waals surface area (Å²) in [7, 11) is 2.23. The fourth-order valence-corrected chi connectivity index (χ4v) is 4.13. The number of piperidine rings is 2. The predicted octanol–water partition coefficient (Wildman–Crippen LogP) is 2.89. The molecule has 3 nitrogen and oxygen atoms in total. The molecular weight excluding hydrogens is 270 g/mol. The van der Waals surface area contributed by atoms with Crippen LogP contribution in [0.4, 0.5) is 0 Å². The fraction of sp³-hybridized carbons (Fsp3) is 0.632. The minimum absolute atomic E-state index is 0.263. The molecule has 1 aromatic rings. The van der Waals surface area contributed by atoms with Gasteiger partial charge in [0.15, 0.2) is 0 Å². The maximum absolute atomic E-state index is 9.76. The van der Waals surface area contributed by atoms with Gasteiger partial charge in [0.1, 0.15) is 0 Å². The van der Waals surface area contributed by atoms with Gasteiger partial charge in [-0.2, -0.15) is 5.26 Å². The van der Waals surface area contributed by atoms with Crippen molar-refractivity contribution >= 4 is 0 Å². The van der Waals surface area contributed by atoms with Gasteiger partial charge in [-0.25, -0.2) is 0 Å². The van der Waals surface area contributed by atoms with E-state index in [1.54, 1.807) is 0 Å². The van der Waals surface area contributed by atoms with E-state index in [4.69, 9.17) is 0 Å². The number of nitrogens with zero attached hydrogens (tertiary/aromatic N) is 3. The first-order valence-electron chi connectivity index (χ1n) is 8.59. The lowest BCUT2D eigenvalue weighted by molar-refractivity contribution is 0.122. The summed E-state index contributed by atoms with van der Waals surface area (Å²) in [5, 5.41) is 9.76. The minimum Gasteiger partial charge on any atom is -0.306 e. The third-order valence-electron chi connectivity index (χ3n) is 5.49. The second-order valence-electron chi connectivity index (χ2n) is 7.13. The zero-order chi connectivity index (χ0) is 15.4. The topological polar surface area (TPSA) is 30.3 Å². The molecular formula is C19H27N3. The van der Waals surface area contributed by atoms with Crippen molar-refractivity contribution in [3.05, 3.63) is 35.9 Å². The van der Waals surface area contributed by atoms with Crippen molar-refractivity contribution in [3.63, 3.8) is 0 Å². The van der Waals surface area contributed by atoms with Crippen LogP contribution in [0, 0.1) is 17.2 Å². The predicted molar refractivity (Wildman–Crippen MR) is 89.6 cm³/mol. The Labute approximate surface area is 134 Å². The number of nitriles is 1. The second-order valence-corrected chi connectivity index (χ2v) is 7.13. The maximum atomic E-state index is 9.76. The highest BCUT2D eigenvalue weighted by Crippen LogP contribution is 2.35. The Morgan fingerprint density at radius 2 is 1.91 bits per heavy atom. The van der Waals surface area contributed by atoms with Gasteiger partial charge in [0, 0.05) is 13.1 Å². The van der Waals surface area contributed by atoms with E-state index in [2.05, 4.69) is 47.2 Å². The highest BCUT2D eigenvalue weighted by atomic mass is 15.2. The van der Waals surface area contributed by atoms with E-state index in [-0.39, 0.29) is 5.41 Å². The Hall–Kier alpha value is -1.37. The van der Waals surface area contributed by atoms with Crippen molar-refractivity contribution in [3.8, 4) is 6.07 Å². The number of hydrogen-bond acceptors (Lipinski definition) is 3. The molecule has 2 fully saturated rings. The average molecular weight is 297 g/mol. The molecule has 2 heterocycles. The summed E-state index contributed by atoms with van der Waals surface area (Å²) in [6.45, 7) is 5.81. The van der Waals surface area contributed by atoms with Crippen LogP contribution in [0.5, 0.6) is 0 Å². The van der Waals surface area contributed by atoms with E-state index in [0.717, 1.165) is 31.8 Å². The molecule has 0 radical (unpaired) electrons. The van der Waals surface area contributed by atoms with Crippen molar-refractivity contribution in [2.24, 2.45) is 5.92 Å². The number of rotatable bonds is 3. The quantitative estimate of drug-likeness (QED) is 0.859. The van der Waals surface area contributed by atoms with Crippen molar-refractivity contribution < 1.29 is 0 Å². The Bertz CT molecular complexity index is 511. The highest BCUT2D eigenvalue weighted by molar-refractivity contribution is 5.33. The first-order chi connectivity index (χ1) is 10.7. The summed E-state index contributed by atoms with van der Waals surface area (Å²) >= 11 is 0. The molecule has 22 heavy (non-hydrogen) atoms. The lowest BCUT2D eigenvalue weighted by Crippen LogP contribution is -2.46. The standard InChI is InChI=1S/C19H27N3/c1-21-11-5-6-17(14-21)15-22-12-9-19(16-20,10-13-22)18-7-3-2-4-8-18/h2-4,7-8,17H,5-6,9-15H2,1H3/t17-/m1/s1.